The van der Waals surface area contributed by atoms with Crippen LogP contribution in [0.25, 0.3) is 10.6 Å². The number of carbonyl (C=O) groups is 1. The Balaban J connectivity index is 2.33. The maximum Gasteiger partial charge on any atom is 0.326 e. The van der Waals surface area contributed by atoms with Crippen LogP contribution >= 0.6 is 11.3 Å². The summed E-state index contributed by atoms with van der Waals surface area (Å²) in [6.07, 6.45) is 0. The number of aryl methyl sites for hydroxylation is 1. The molecule has 17 heavy (non-hydrogen) atoms. The van der Waals surface area contributed by atoms with Crippen LogP contribution in [-0.4, -0.2) is 16.1 Å². The van der Waals surface area contributed by atoms with Gasteiger partial charge >= 0.3 is 5.97 Å². The number of hydrogen-bond acceptors (Lipinski definition) is 4. The topological polar surface area (TPSA) is 76.2 Å². The zero-order valence-electron chi connectivity index (χ0n) is 9.25. The molecule has 0 saturated carbocycles. The number of aromatic nitrogens is 1. The molecule has 0 spiro atoms. The summed E-state index contributed by atoms with van der Waals surface area (Å²) in [7, 11) is 0. The first-order chi connectivity index (χ1) is 8.08. The molecule has 1 aromatic carbocycles. The summed E-state index contributed by atoms with van der Waals surface area (Å²) < 4.78 is 0. The lowest BCUT2D eigenvalue weighted by atomic mass is 10.1. The van der Waals surface area contributed by atoms with Gasteiger partial charge in [-0.05, 0) is 13.0 Å². The van der Waals surface area contributed by atoms with Crippen molar-refractivity contribution in [1.82, 2.24) is 4.98 Å². The molecule has 2 rings (SSSR count). The number of thiazole rings is 1. The van der Waals surface area contributed by atoms with Gasteiger partial charge in [-0.25, -0.2) is 4.98 Å². The summed E-state index contributed by atoms with van der Waals surface area (Å²) in [5.41, 5.74) is 8.03. The fourth-order valence-electron chi connectivity index (χ4n) is 1.47. The standard InChI is InChI=1S/C12H12N2O2S/c1-7-3-2-4-8(5-7)11-14-9(6-17-11)10(13)12(15)16/h2-6,10H,13H2,1H3,(H,15,16). The summed E-state index contributed by atoms with van der Waals surface area (Å²) >= 11 is 1.40. The number of hydrogen-bond donors (Lipinski definition) is 2. The van der Waals surface area contributed by atoms with Gasteiger partial charge in [-0.3, -0.25) is 4.79 Å². The van der Waals surface area contributed by atoms with Gasteiger partial charge in [0.1, 0.15) is 11.0 Å². The minimum atomic E-state index is -1.06. The molecule has 0 aliphatic carbocycles. The molecule has 1 heterocycles. The molecule has 5 heteroatoms. The highest BCUT2D eigenvalue weighted by atomic mass is 32.1. The quantitative estimate of drug-likeness (QED) is 0.873. The van der Waals surface area contributed by atoms with E-state index in [1.165, 1.54) is 11.3 Å². The largest absolute Gasteiger partial charge is 0.480 e. The van der Waals surface area contributed by atoms with Crippen LogP contribution < -0.4 is 5.73 Å². The SMILES string of the molecule is Cc1cccc(-c2nc(C(N)C(=O)O)cs2)c1. The van der Waals surface area contributed by atoms with Crippen LogP contribution in [-0.2, 0) is 4.79 Å². The molecule has 0 saturated heterocycles. The number of aliphatic carboxylic acids is 1. The van der Waals surface area contributed by atoms with Crippen molar-refractivity contribution < 1.29 is 9.90 Å². The minimum Gasteiger partial charge on any atom is -0.480 e. The average molecular weight is 248 g/mol. The molecule has 0 fully saturated rings. The Bertz CT molecular complexity index is 551. The lowest BCUT2D eigenvalue weighted by Crippen LogP contribution is -2.20. The predicted octanol–water partition coefficient (Wildman–Crippen LogP) is 2.20. The van der Waals surface area contributed by atoms with Gasteiger partial charge in [-0.15, -0.1) is 11.3 Å². The highest BCUT2D eigenvalue weighted by molar-refractivity contribution is 7.13. The molecule has 1 atom stereocenters. The summed E-state index contributed by atoms with van der Waals surface area (Å²) in [5.74, 6) is -1.06. The van der Waals surface area contributed by atoms with Gasteiger partial charge in [0.2, 0.25) is 0 Å². The predicted molar refractivity (Wildman–Crippen MR) is 66.9 cm³/mol. The highest BCUT2D eigenvalue weighted by Crippen LogP contribution is 2.26. The second-order valence-corrected chi connectivity index (χ2v) is 4.62. The third-order valence-corrected chi connectivity index (χ3v) is 3.28. The van der Waals surface area contributed by atoms with Crippen molar-refractivity contribution in [2.75, 3.05) is 0 Å². The Hall–Kier alpha value is -1.72. The third-order valence-electron chi connectivity index (χ3n) is 2.37. The van der Waals surface area contributed by atoms with E-state index in [-0.39, 0.29) is 0 Å². The van der Waals surface area contributed by atoms with Crippen LogP contribution in [0.3, 0.4) is 0 Å². The van der Waals surface area contributed by atoms with E-state index in [1.807, 2.05) is 31.2 Å². The first kappa shape index (κ1) is 11.8. The van der Waals surface area contributed by atoms with E-state index in [9.17, 15) is 4.79 Å². The molecular formula is C12H12N2O2S. The normalized spacial score (nSPS) is 12.4. The fourth-order valence-corrected chi connectivity index (χ4v) is 2.32. The monoisotopic (exact) mass is 248 g/mol. The van der Waals surface area contributed by atoms with Crippen LogP contribution in [0.15, 0.2) is 29.6 Å². The Kier molecular flexibility index (Phi) is 3.21. The van der Waals surface area contributed by atoms with Gasteiger partial charge in [0, 0.05) is 10.9 Å². The first-order valence-electron chi connectivity index (χ1n) is 5.09. The number of nitrogens with zero attached hydrogens (tertiary/aromatic N) is 1. The van der Waals surface area contributed by atoms with Crippen LogP contribution in [0.1, 0.15) is 17.3 Å². The lowest BCUT2D eigenvalue weighted by Gasteiger charge is -2.01. The van der Waals surface area contributed by atoms with Gasteiger partial charge in [0.25, 0.3) is 0 Å². The number of rotatable bonds is 3. The fraction of sp³-hybridized carbons (Fsp3) is 0.167. The van der Waals surface area contributed by atoms with Crippen molar-refractivity contribution in [3.8, 4) is 10.6 Å². The number of nitrogens with two attached hydrogens (primary N) is 1. The zero-order chi connectivity index (χ0) is 12.4. The molecule has 3 N–H and O–H groups in total. The van der Waals surface area contributed by atoms with Crippen LogP contribution in [0.5, 0.6) is 0 Å². The van der Waals surface area contributed by atoms with E-state index in [1.54, 1.807) is 5.38 Å². The molecule has 1 aromatic heterocycles. The third kappa shape index (κ3) is 2.51. The maximum atomic E-state index is 10.7. The second kappa shape index (κ2) is 4.65. The maximum absolute atomic E-state index is 10.7. The van der Waals surface area contributed by atoms with Crippen LogP contribution in [0, 0.1) is 6.92 Å². The summed E-state index contributed by atoms with van der Waals surface area (Å²) in [5, 5.41) is 11.3. The Morgan fingerprint density at radius 1 is 1.53 bits per heavy atom. The van der Waals surface area contributed by atoms with Crippen molar-refractivity contribution >= 4 is 17.3 Å². The molecular weight excluding hydrogens is 236 g/mol. The number of carboxylic acids is 1. The van der Waals surface area contributed by atoms with Crippen molar-refractivity contribution in [1.29, 1.82) is 0 Å². The summed E-state index contributed by atoms with van der Waals surface area (Å²) in [6.45, 7) is 2.00. The Morgan fingerprint density at radius 2 is 2.29 bits per heavy atom. The van der Waals surface area contributed by atoms with E-state index in [2.05, 4.69) is 4.98 Å². The molecule has 0 bridgehead atoms. The number of benzene rings is 1. The molecule has 0 amide bonds. The van der Waals surface area contributed by atoms with Gasteiger partial charge < -0.3 is 10.8 Å². The first-order valence-corrected chi connectivity index (χ1v) is 5.97. The van der Waals surface area contributed by atoms with Crippen molar-refractivity contribution in [2.24, 2.45) is 5.73 Å². The Morgan fingerprint density at radius 3 is 2.94 bits per heavy atom. The molecule has 2 aromatic rings. The highest BCUT2D eigenvalue weighted by Gasteiger charge is 2.17. The molecule has 88 valence electrons. The zero-order valence-corrected chi connectivity index (χ0v) is 10.1. The van der Waals surface area contributed by atoms with Crippen LogP contribution in [0.4, 0.5) is 0 Å². The van der Waals surface area contributed by atoms with E-state index < -0.39 is 12.0 Å². The smallest absolute Gasteiger partial charge is 0.326 e. The minimum absolute atomic E-state index is 0.402. The van der Waals surface area contributed by atoms with Crippen molar-refractivity contribution in [3.63, 3.8) is 0 Å². The summed E-state index contributed by atoms with van der Waals surface area (Å²) in [6, 6.07) is 6.85. The molecule has 0 radical (unpaired) electrons. The lowest BCUT2D eigenvalue weighted by molar-refractivity contribution is -0.138. The molecule has 1 unspecified atom stereocenters. The van der Waals surface area contributed by atoms with E-state index >= 15 is 0 Å². The second-order valence-electron chi connectivity index (χ2n) is 3.76. The van der Waals surface area contributed by atoms with Crippen LogP contribution in [0.2, 0.25) is 0 Å². The summed E-state index contributed by atoms with van der Waals surface area (Å²) in [4.78, 5) is 15.0. The van der Waals surface area contributed by atoms with Crippen molar-refractivity contribution in [2.45, 2.75) is 13.0 Å². The van der Waals surface area contributed by atoms with Crippen molar-refractivity contribution in [3.05, 3.63) is 40.9 Å². The van der Waals surface area contributed by atoms with E-state index in [0.717, 1.165) is 16.1 Å². The van der Waals surface area contributed by atoms with Gasteiger partial charge in [0.15, 0.2) is 0 Å². The van der Waals surface area contributed by atoms with Gasteiger partial charge in [0.05, 0.1) is 5.69 Å². The van der Waals surface area contributed by atoms with Gasteiger partial charge in [-0.2, -0.15) is 0 Å². The van der Waals surface area contributed by atoms with E-state index in [0.29, 0.717) is 5.69 Å². The van der Waals surface area contributed by atoms with Gasteiger partial charge in [-0.1, -0.05) is 23.8 Å². The number of carboxylic acid groups (broad SMARTS) is 1. The average Bonchev–Trinajstić information content (AvgIpc) is 2.77. The molecule has 0 aliphatic rings. The molecule has 0 aliphatic heterocycles. The Labute approximate surface area is 103 Å². The molecule has 4 nitrogen and oxygen atoms in total. The van der Waals surface area contributed by atoms with E-state index in [4.69, 9.17) is 10.8 Å².